The van der Waals surface area contributed by atoms with Gasteiger partial charge in [0.15, 0.2) is 11.5 Å². The Morgan fingerprint density at radius 3 is 2.41 bits per heavy atom. The number of carbonyl (C=O) groups is 1. The summed E-state index contributed by atoms with van der Waals surface area (Å²) in [5, 5.41) is 2.13. The molecule has 1 aliphatic carbocycles. The third-order valence-electron chi connectivity index (χ3n) is 5.64. The van der Waals surface area contributed by atoms with E-state index in [1.165, 1.54) is 10.4 Å². The fraction of sp³-hybridized carbons (Fsp3) is 0.500. The highest BCUT2D eigenvalue weighted by Crippen LogP contribution is 2.42. The van der Waals surface area contributed by atoms with Crippen LogP contribution in [0.15, 0.2) is 23.6 Å². The average molecular weight is 420 g/mol. The maximum atomic E-state index is 12.7. The topological polar surface area (TPSA) is 57.2 Å². The zero-order valence-corrected chi connectivity index (χ0v) is 18.6. The van der Waals surface area contributed by atoms with Gasteiger partial charge in [-0.3, -0.25) is 9.69 Å². The molecule has 0 saturated carbocycles. The molecule has 0 N–H and O–H groups in total. The summed E-state index contributed by atoms with van der Waals surface area (Å²) in [4.78, 5) is 16.3. The maximum Gasteiger partial charge on any atom is 0.310 e. The number of rotatable bonds is 8. The molecule has 0 saturated heterocycles. The zero-order chi connectivity index (χ0) is 21.0. The van der Waals surface area contributed by atoms with Gasteiger partial charge < -0.3 is 18.9 Å². The molecule has 1 heterocycles. The molecule has 0 bridgehead atoms. The Labute approximate surface area is 176 Å². The molecular formula is C22H29NO5S. The standard InChI is InChI=1S/C22H29NO5S/c1-23(2)22(9-6-7-19-16(22)8-10-29-19)14-28-20(24)13-15-11-17(25-3)21(27-5)18(12-15)26-4/h8,10-12H,6-7,9,13-14H2,1-5H3. The number of methoxy groups -OCH3 is 3. The van der Waals surface area contributed by atoms with E-state index in [2.05, 4.69) is 30.4 Å². The van der Waals surface area contributed by atoms with Gasteiger partial charge in [0.25, 0.3) is 0 Å². The second-order valence-electron chi connectivity index (χ2n) is 7.41. The van der Waals surface area contributed by atoms with Crippen LogP contribution in [0.3, 0.4) is 0 Å². The molecule has 0 spiro atoms. The van der Waals surface area contributed by atoms with Crippen molar-refractivity contribution in [3.63, 3.8) is 0 Å². The van der Waals surface area contributed by atoms with E-state index in [9.17, 15) is 4.79 Å². The number of carbonyl (C=O) groups excluding carboxylic acids is 1. The molecule has 0 aliphatic heterocycles. The minimum atomic E-state index is -0.275. The molecule has 1 unspecified atom stereocenters. The Balaban J connectivity index is 1.75. The summed E-state index contributed by atoms with van der Waals surface area (Å²) in [7, 11) is 8.78. The normalized spacial score (nSPS) is 18.3. The first-order valence-corrected chi connectivity index (χ1v) is 10.5. The van der Waals surface area contributed by atoms with Crippen molar-refractivity contribution in [2.75, 3.05) is 42.0 Å². The fourth-order valence-corrected chi connectivity index (χ4v) is 5.04. The summed E-state index contributed by atoms with van der Waals surface area (Å²) in [6.45, 7) is 0.340. The molecular weight excluding hydrogens is 390 g/mol. The molecule has 1 aromatic carbocycles. The molecule has 158 valence electrons. The number of hydrogen-bond donors (Lipinski definition) is 0. The van der Waals surface area contributed by atoms with Crippen LogP contribution >= 0.6 is 11.3 Å². The summed E-state index contributed by atoms with van der Waals surface area (Å²) >= 11 is 1.79. The molecule has 1 aromatic heterocycles. The lowest BCUT2D eigenvalue weighted by molar-refractivity contribution is -0.147. The lowest BCUT2D eigenvalue weighted by Crippen LogP contribution is -2.47. The smallest absolute Gasteiger partial charge is 0.310 e. The molecule has 0 amide bonds. The van der Waals surface area contributed by atoms with Gasteiger partial charge >= 0.3 is 5.97 Å². The van der Waals surface area contributed by atoms with Gasteiger partial charge in [-0.25, -0.2) is 0 Å². The van der Waals surface area contributed by atoms with E-state index in [0.29, 0.717) is 23.9 Å². The third-order valence-corrected chi connectivity index (χ3v) is 6.62. The highest BCUT2D eigenvalue weighted by atomic mass is 32.1. The van der Waals surface area contributed by atoms with E-state index in [0.717, 1.165) is 24.8 Å². The Bertz CT molecular complexity index is 838. The van der Waals surface area contributed by atoms with Gasteiger partial charge in [-0.05, 0) is 68.1 Å². The van der Waals surface area contributed by atoms with Crippen LogP contribution in [-0.4, -0.2) is 52.9 Å². The number of thiophene rings is 1. The number of hydrogen-bond acceptors (Lipinski definition) is 7. The first-order valence-electron chi connectivity index (χ1n) is 9.64. The van der Waals surface area contributed by atoms with Crippen LogP contribution in [0.2, 0.25) is 0 Å². The molecule has 1 aliphatic rings. The number of likely N-dealkylation sites (N-methyl/N-ethyl adjacent to an activating group) is 1. The van der Waals surface area contributed by atoms with Crippen molar-refractivity contribution < 1.29 is 23.7 Å². The molecule has 7 heteroatoms. The van der Waals surface area contributed by atoms with E-state index >= 15 is 0 Å². The minimum absolute atomic E-state index is 0.136. The van der Waals surface area contributed by atoms with E-state index in [-0.39, 0.29) is 17.9 Å². The summed E-state index contributed by atoms with van der Waals surface area (Å²) in [6.07, 6.45) is 3.30. The Morgan fingerprint density at radius 1 is 1.14 bits per heavy atom. The number of esters is 1. The number of nitrogens with zero attached hydrogens (tertiary/aromatic N) is 1. The van der Waals surface area contributed by atoms with Crippen molar-refractivity contribution in [2.24, 2.45) is 0 Å². The van der Waals surface area contributed by atoms with Crippen LogP contribution in [0.4, 0.5) is 0 Å². The number of benzene rings is 1. The second-order valence-corrected chi connectivity index (χ2v) is 8.41. The van der Waals surface area contributed by atoms with E-state index in [1.807, 2.05) is 0 Å². The van der Waals surface area contributed by atoms with Gasteiger partial charge in [0.2, 0.25) is 5.75 Å². The van der Waals surface area contributed by atoms with Crippen LogP contribution in [0.25, 0.3) is 0 Å². The van der Waals surface area contributed by atoms with Crippen LogP contribution in [-0.2, 0) is 27.9 Å². The van der Waals surface area contributed by atoms with Crippen molar-refractivity contribution in [3.05, 3.63) is 39.6 Å². The highest BCUT2D eigenvalue weighted by molar-refractivity contribution is 7.10. The van der Waals surface area contributed by atoms with Gasteiger partial charge in [-0.1, -0.05) is 0 Å². The Kier molecular flexibility index (Phi) is 6.70. The zero-order valence-electron chi connectivity index (χ0n) is 17.7. The first kappa shape index (κ1) is 21.5. The van der Waals surface area contributed by atoms with Gasteiger partial charge in [-0.15, -0.1) is 11.3 Å². The Hall–Kier alpha value is -2.25. The van der Waals surface area contributed by atoms with Crippen molar-refractivity contribution in [1.29, 1.82) is 0 Å². The predicted octanol–water partition coefficient (Wildman–Crippen LogP) is 3.65. The quantitative estimate of drug-likeness (QED) is 0.609. The first-order chi connectivity index (χ1) is 13.9. The monoisotopic (exact) mass is 419 g/mol. The molecule has 0 radical (unpaired) electrons. The predicted molar refractivity (Wildman–Crippen MR) is 113 cm³/mol. The molecule has 3 rings (SSSR count). The number of ether oxygens (including phenoxy) is 4. The maximum absolute atomic E-state index is 12.7. The summed E-state index contributed by atoms with van der Waals surface area (Å²) in [5.74, 6) is 1.28. The van der Waals surface area contributed by atoms with Gasteiger partial charge in [0.1, 0.15) is 6.61 Å². The molecule has 2 aromatic rings. The molecule has 0 fully saturated rings. The fourth-order valence-electron chi connectivity index (χ4n) is 4.02. The summed E-state index contributed by atoms with van der Waals surface area (Å²) < 4.78 is 21.9. The molecule has 29 heavy (non-hydrogen) atoms. The second kappa shape index (κ2) is 9.05. The highest BCUT2D eigenvalue weighted by Gasteiger charge is 2.40. The van der Waals surface area contributed by atoms with Crippen molar-refractivity contribution in [1.82, 2.24) is 4.90 Å². The third kappa shape index (κ3) is 4.21. The van der Waals surface area contributed by atoms with Gasteiger partial charge in [0, 0.05) is 4.88 Å². The lowest BCUT2D eigenvalue weighted by atomic mass is 9.80. The van der Waals surface area contributed by atoms with Gasteiger partial charge in [-0.2, -0.15) is 0 Å². The summed E-state index contributed by atoms with van der Waals surface area (Å²) in [5.41, 5.74) is 1.78. The van der Waals surface area contributed by atoms with E-state index in [1.54, 1.807) is 44.8 Å². The number of fused-ring (bicyclic) bond motifs is 1. The molecule has 6 nitrogen and oxygen atoms in total. The molecule has 1 atom stereocenters. The lowest BCUT2D eigenvalue weighted by Gasteiger charge is -2.42. The van der Waals surface area contributed by atoms with Crippen LogP contribution in [0, 0.1) is 0 Å². The SMILES string of the molecule is COc1cc(CC(=O)OCC2(N(C)C)CCCc3sccc32)cc(OC)c1OC. The van der Waals surface area contributed by atoms with Gasteiger partial charge in [0.05, 0.1) is 33.3 Å². The largest absolute Gasteiger partial charge is 0.493 e. The average Bonchev–Trinajstić information content (AvgIpc) is 3.21. The van der Waals surface area contributed by atoms with Crippen LogP contribution < -0.4 is 14.2 Å². The van der Waals surface area contributed by atoms with Crippen molar-refractivity contribution in [3.8, 4) is 17.2 Å². The van der Waals surface area contributed by atoms with Crippen LogP contribution in [0.1, 0.15) is 28.8 Å². The van der Waals surface area contributed by atoms with Crippen LogP contribution in [0.5, 0.6) is 17.2 Å². The number of aryl methyl sites for hydroxylation is 1. The summed E-state index contributed by atoms with van der Waals surface area (Å²) in [6, 6.07) is 5.73. The minimum Gasteiger partial charge on any atom is -0.493 e. The Morgan fingerprint density at radius 2 is 1.83 bits per heavy atom. The van der Waals surface area contributed by atoms with Crippen molar-refractivity contribution in [2.45, 2.75) is 31.2 Å². The van der Waals surface area contributed by atoms with E-state index in [4.69, 9.17) is 18.9 Å². The van der Waals surface area contributed by atoms with E-state index < -0.39 is 0 Å². The van der Waals surface area contributed by atoms with Crippen molar-refractivity contribution >= 4 is 17.3 Å².